The van der Waals surface area contributed by atoms with Gasteiger partial charge in [-0.2, -0.15) is 0 Å². The lowest BCUT2D eigenvalue weighted by Crippen LogP contribution is -1.87. The highest BCUT2D eigenvalue weighted by Crippen LogP contribution is 2.31. The van der Waals surface area contributed by atoms with Gasteiger partial charge in [-0.1, -0.05) is 6.07 Å². The highest BCUT2D eigenvalue weighted by atomic mass is 32.1. The molecule has 0 fully saturated rings. The van der Waals surface area contributed by atoms with Crippen LogP contribution in [0.3, 0.4) is 0 Å². The predicted molar refractivity (Wildman–Crippen MR) is 59.8 cm³/mol. The highest BCUT2D eigenvalue weighted by Gasteiger charge is 2.09. The van der Waals surface area contributed by atoms with Gasteiger partial charge in [-0.15, -0.1) is 11.3 Å². The molecule has 1 heterocycles. The van der Waals surface area contributed by atoms with Crippen molar-refractivity contribution >= 4 is 17.6 Å². The molecule has 0 radical (unpaired) electrons. The zero-order chi connectivity index (χ0) is 10.8. The van der Waals surface area contributed by atoms with Crippen LogP contribution in [0.4, 0.5) is 4.39 Å². The van der Waals surface area contributed by atoms with E-state index in [2.05, 4.69) is 0 Å². The number of carbonyl (C=O) groups excluding carboxylic acids is 1. The average molecular weight is 220 g/mol. The molecule has 1 aromatic carbocycles. The summed E-state index contributed by atoms with van der Waals surface area (Å²) in [6, 6.07) is 6.50. The third-order valence-electron chi connectivity index (χ3n) is 2.24. The Hall–Kier alpha value is -1.48. The van der Waals surface area contributed by atoms with Crippen molar-refractivity contribution < 1.29 is 9.18 Å². The van der Waals surface area contributed by atoms with Gasteiger partial charge in [0.05, 0.1) is 0 Å². The fourth-order valence-corrected chi connectivity index (χ4v) is 2.39. The number of halogens is 1. The van der Waals surface area contributed by atoms with Crippen molar-refractivity contribution in [2.45, 2.75) is 6.92 Å². The molecule has 0 unspecified atom stereocenters. The van der Waals surface area contributed by atoms with Gasteiger partial charge in [0.25, 0.3) is 0 Å². The highest BCUT2D eigenvalue weighted by molar-refractivity contribution is 7.13. The van der Waals surface area contributed by atoms with Gasteiger partial charge in [0.15, 0.2) is 0 Å². The molecule has 0 atom stereocenters. The Morgan fingerprint density at radius 1 is 1.33 bits per heavy atom. The van der Waals surface area contributed by atoms with Crippen LogP contribution >= 0.6 is 11.3 Å². The molecule has 0 aliphatic rings. The van der Waals surface area contributed by atoms with Crippen LogP contribution in [0.2, 0.25) is 0 Å². The van der Waals surface area contributed by atoms with E-state index in [-0.39, 0.29) is 5.82 Å². The van der Waals surface area contributed by atoms with Gasteiger partial charge in [0.1, 0.15) is 12.1 Å². The van der Waals surface area contributed by atoms with Crippen molar-refractivity contribution in [1.29, 1.82) is 0 Å². The van der Waals surface area contributed by atoms with Gasteiger partial charge in [0.2, 0.25) is 0 Å². The summed E-state index contributed by atoms with van der Waals surface area (Å²) < 4.78 is 13.6. The van der Waals surface area contributed by atoms with E-state index in [1.54, 1.807) is 12.1 Å². The van der Waals surface area contributed by atoms with Crippen LogP contribution in [0.5, 0.6) is 0 Å². The molecule has 0 spiro atoms. The van der Waals surface area contributed by atoms with Crippen LogP contribution in [0, 0.1) is 12.7 Å². The number of carbonyl (C=O) groups is 1. The fourth-order valence-electron chi connectivity index (χ4n) is 1.44. The lowest BCUT2D eigenvalue weighted by atomic mass is 10.1. The van der Waals surface area contributed by atoms with Crippen molar-refractivity contribution in [2.75, 3.05) is 0 Å². The summed E-state index contributed by atoms with van der Waals surface area (Å²) >= 11 is 1.50. The van der Waals surface area contributed by atoms with E-state index in [0.717, 1.165) is 10.4 Å². The maximum atomic E-state index is 13.6. The predicted octanol–water partition coefficient (Wildman–Crippen LogP) is 3.68. The normalized spacial score (nSPS) is 10.3. The minimum Gasteiger partial charge on any atom is -0.298 e. The Labute approximate surface area is 91.2 Å². The molecule has 76 valence electrons. The van der Waals surface area contributed by atoms with Gasteiger partial charge < -0.3 is 0 Å². The molecule has 0 N–H and O–H groups in total. The molecule has 0 saturated heterocycles. The van der Waals surface area contributed by atoms with E-state index in [9.17, 15) is 9.18 Å². The molecule has 0 bridgehead atoms. The monoisotopic (exact) mass is 220 g/mol. The second-order valence-corrected chi connectivity index (χ2v) is 4.21. The third-order valence-corrected chi connectivity index (χ3v) is 3.29. The zero-order valence-electron chi connectivity index (χ0n) is 8.16. The van der Waals surface area contributed by atoms with E-state index in [1.165, 1.54) is 17.4 Å². The van der Waals surface area contributed by atoms with Crippen molar-refractivity contribution in [1.82, 2.24) is 0 Å². The number of rotatable bonds is 2. The summed E-state index contributed by atoms with van der Waals surface area (Å²) in [6.07, 6.45) is 0.647. The molecule has 0 saturated carbocycles. The quantitative estimate of drug-likeness (QED) is 0.706. The van der Waals surface area contributed by atoms with Crippen LogP contribution in [0.15, 0.2) is 29.6 Å². The standard InChI is InChI=1S/C12H9FOS/c1-8-4-5-15-12(8)10-3-2-9(7-14)6-11(10)13/h2-7H,1H3. The molecule has 2 rings (SSSR count). The molecule has 15 heavy (non-hydrogen) atoms. The summed E-state index contributed by atoms with van der Waals surface area (Å²) in [5.41, 5.74) is 1.98. The Kier molecular flexibility index (Phi) is 2.64. The van der Waals surface area contributed by atoms with Gasteiger partial charge in [-0.05, 0) is 36.1 Å². The molecule has 1 aromatic heterocycles. The number of benzene rings is 1. The number of hydrogen-bond donors (Lipinski definition) is 0. The van der Waals surface area contributed by atoms with Crippen molar-refractivity contribution in [3.8, 4) is 10.4 Å². The van der Waals surface area contributed by atoms with Crippen molar-refractivity contribution in [3.05, 3.63) is 46.6 Å². The number of aldehydes is 1. The smallest absolute Gasteiger partial charge is 0.150 e. The average Bonchev–Trinajstić information content (AvgIpc) is 2.64. The minimum atomic E-state index is -0.342. The van der Waals surface area contributed by atoms with Gasteiger partial charge in [-0.25, -0.2) is 4.39 Å². The molecule has 0 aliphatic carbocycles. The zero-order valence-corrected chi connectivity index (χ0v) is 8.98. The molecule has 3 heteroatoms. The second-order valence-electron chi connectivity index (χ2n) is 3.29. The van der Waals surface area contributed by atoms with E-state index >= 15 is 0 Å². The SMILES string of the molecule is Cc1ccsc1-c1ccc(C=O)cc1F. The molecule has 0 aliphatic heterocycles. The number of thiophene rings is 1. The first-order valence-electron chi connectivity index (χ1n) is 4.51. The largest absolute Gasteiger partial charge is 0.298 e. The summed E-state index contributed by atoms with van der Waals surface area (Å²) in [6.45, 7) is 1.94. The first-order chi connectivity index (χ1) is 7.22. The van der Waals surface area contributed by atoms with Gasteiger partial charge in [-0.3, -0.25) is 4.79 Å². The lowest BCUT2D eigenvalue weighted by molar-refractivity contribution is 0.112. The summed E-state index contributed by atoms with van der Waals surface area (Å²) in [4.78, 5) is 11.4. The van der Waals surface area contributed by atoms with E-state index in [1.807, 2.05) is 18.4 Å². The topological polar surface area (TPSA) is 17.1 Å². The summed E-state index contributed by atoms with van der Waals surface area (Å²) in [5.74, 6) is -0.342. The number of hydrogen-bond acceptors (Lipinski definition) is 2. The van der Waals surface area contributed by atoms with Crippen LogP contribution in [-0.2, 0) is 0 Å². The van der Waals surface area contributed by atoms with Crippen LogP contribution in [0.1, 0.15) is 15.9 Å². The van der Waals surface area contributed by atoms with Gasteiger partial charge in [0, 0.05) is 16.0 Å². The first kappa shape index (κ1) is 10.1. The number of aryl methyl sites for hydroxylation is 1. The minimum absolute atomic E-state index is 0.342. The summed E-state index contributed by atoms with van der Waals surface area (Å²) in [5, 5.41) is 1.93. The molecular weight excluding hydrogens is 211 g/mol. The van der Waals surface area contributed by atoms with Crippen LogP contribution in [0.25, 0.3) is 10.4 Å². The molecular formula is C12H9FOS. The molecule has 0 amide bonds. The van der Waals surface area contributed by atoms with Crippen molar-refractivity contribution in [2.24, 2.45) is 0 Å². The Balaban J connectivity index is 2.55. The Morgan fingerprint density at radius 3 is 2.67 bits per heavy atom. The lowest BCUT2D eigenvalue weighted by Gasteiger charge is -2.02. The van der Waals surface area contributed by atoms with E-state index in [4.69, 9.17) is 0 Å². The Bertz CT molecular complexity index is 502. The maximum Gasteiger partial charge on any atom is 0.150 e. The molecule has 1 nitrogen and oxygen atoms in total. The maximum absolute atomic E-state index is 13.6. The van der Waals surface area contributed by atoms with Crippen LogP contribution in [-0.4, -0.2) is 6.29 Å². The van der Waals surface area contributed by atoms with E-state index in [0.29, 0.717) is 17.4 Å². The second kappa shape index (κ2) is 3.95. The fraction of sp³-hybridized carbons (Fsp3) is 0.0833. The first-order valence-corrected chi connectivity index (χ1v) is 5.39. The van der Waals surface area contributed by atoms with Crippen molar-refractivity contribution in [3.63, 3.8) is 0 Å². The third kappa shape index (κ3) is 1.83. The molecule has 2 aromatic rings. The Morgan fingerprint density at radius 2 is 2.13 bits per heavy atom. The summed E-state index contributed by atoms with van der Waals surface area (Å²) in [7, 11) is 0. The van der Waals surface area contributed by atoms with E-state index < -0.39 is 0 Å². The van der Waals surface area contributed by atoms with Gasteiger partial charge >= 0.3 is 0 Å². The van der Waals surface area contributed by atoms with Crippen LogP contribution < -0.4 is 0 Å².